The van der Waals surface area contributed by atoms with Crippen molar-refractivity contribution in [1.29, 1.82) is 0 Å². The van der Waals surface area contributed by atoms with Gasteiger partial charge >= 0.3 is 11.9 Å². The van der Waals surface area contributed by atoms with Gasteiger partial charge in [-0.15, -0.1) is 5.73 Å². The van der Waals surface area contributed by atoms with E-state index in [1.54, 1.807) is 0 Å². The summed E-state index contributed by atoms with van der Waals surface area (Å²) in [5, 5.41) is 0. The molecule has 1 saturated carbocycles. The topological polar surface area (TPSA) is 52.6 Å². The third kappa shape index (κ3) is 3.78. The molecule has 2 aromatic carbocycles. The van der Waals surface area contributed by atoms with Gasteiger partial charge in [0.2, 0.25) is 0 Å². The highest BCUT2D eigenvalue weighted by Gasteiger charge is 2.67. The molecule has 3 rings (SSSR count). The quantitative estimate of drug-likeness (QED) is 0.429. The van der Waals surface area contributed by atoms with E-state index in [-0.39, 0.29) is 5.92 Å². The van der Waals surface area contributed by atoms with E-state index in [0.29, 0.717) is 12.8 Å². The van der Waals surface area contributed by atoms with Crippen LogP contribution in [0.4, 0.5) is 0 Å². The lowest BCUT2D eigenvalue weighted by molar-refractivity contribution is -0.162. The fourth-order valence-electron chi connectivity index (χ4n) is 3.61. The van der Waals surface area contributed by atoms with Gasteiger partial charge in [0.1, 0.15) is 0 Å². The maximum Gasteiger partial charge on any atom is 0.323 e. The first-order chi connectivity index (χ1) is 13.5. The SMILES string of the molecule is COC(=O)C1(C(=O)OC)CC1Cc1ccccc1C=C=C(C)c1ccccc1. The lowest BCUT2D eigenvalue weighted by atomic mass is 9.96. The molecule has 0 heterocycles. The van der Waals surface area contributed by atoms with Crippen molar-refractivity contribution in [2.75, 3.05) is 14.2 Å². The molecular formula is C24H24O4. The van der Waals surface area contributed by atoms with Gasteiger partial charge in [0.25, 0.3) is 0 Å². The first-order valence-electron chi connectivity index (χ1n) is 9.26. The van der Waals surface area contributed by atoms with E-state index >= 15 is 0 Å². The van der Waals surface area contributed by atoms with E-state index in [2.05, 4.69) is 5.73 Å². The molecule has 0 radical (unpaired) electrons. The van der Waals surface area contributed by atoms with Crippen molar-refractivity contribution in [3.8, 4) is 0 Å². The second-order valence-corrected chi connectivity index (χ2v) is 7.04. The number of carbonyl (C=O) groups is 2. The van der Waals surface area contributed by atoms with Crippen LogP contribution in [0.25, 0.3) is 11.6 Å². The second-order valence-electron chi connectivity index (χ2n) is 7.04. The Hall–Kier alpha value is -3.10. The van der Waals surface area contributed by atoms with E-state index in [4.69, 9.17) is 9.47 Å². The molecule has 0 aromatic heterocycles. The summed E-state index contributed by atoms with van der Waals surface area (Å²) >= 11 is 0. The summed E-state index contributed by atoms with van der Waals surface area (Å²) in [6.45, 7) is 2.02. The van der Waals surface area contributed by atoms with E-state index in [9.17, 15) is 9.59 Å². The number of methoxy groups -OCH3 is 2. The van der Waals surface area contributed by atoms with E-state index in [0.717, 1.165) is 22.3 Å². The van der Waals surface area contributed by atoms with Crippen molar-refractivity contribution in [3.63, 3.8) is 0 Å². The van der Waals surface area contributed by atoms with Gasteiger partial charge in [-0.3, -0.25) is 9.59 Å². The van der Waals surface area contributed by atoms with Gasteiger partial charge < -0.3 is 9.47 Å². The van der Waals surface area contributed by atoms with Crippen LogP contribution in [0.5, 0.6) is 0 Å². The van der Waals surface area contributed by atoms with Crippen molar-refractivity contribution in [2.45, 2.75) is 19.8 Å². The molecule has 28 heavy (non-hydrogen) atoms. The summed E-state index contributed by atoms with van der Waals surface area (Å²) in [4.78, 5) is 24.4. The molecule has 0 saturated heterocycles. The van der Waals surface area contributed by atoms with Crippen LogP contribution < -0.4 is 0 Å². The molecule has 1 fully saturated rings. The van der Waals surface area contributed by atoms with E-state index in [1.807, 2.05) is 67.6 Å². The molecule has 144 valence electrons. The highest BCUT2D eigenvalue weighted by atomic mass is 16.5. The Morgan fingerprint density at radius 3 is 2.29 bits per heavy atom. The van der Waals surface area contributed by atoms with Gasteiger partial charge in [0.05, 0.1) is 14.2 Å². The summed E-state index contributed by atoms with van der Waals surface area (Å²) in [5.41, 5.74) is 6.42. The van der Waals surface area contributed by atoms with Crippen molar-refractivity contribution < 1.29 is 19.1 Å². The van der Waals surface area contributed by atoms with Crippen LogP contribution >= 0.6 is 0 Å². The summed E-state index contributed by atoms with van der Waals surface area (Å²) < 4.78 is 9.73. The minimum Gasteiger partial charge on any atom is -0.468 e. The van der Waals surface area contributed by atoms with Crippen LogP contribution in [0.1, 0.15) is 30.0 Å². The maximum absolute atomic E-state index is 12.2. The predicted molar refractivity (Wildman–Crippen MR) is 108 cm³/mol. The number of carbonyl (C=O) groups excluding carboxylic acids is 2. The fourth-order valence-corrected chi connectivity index (χ4v) is 3.61. The number of benzene rings is 2. The number of rotatable bonds is 6. The smallest absolute Gasteiger partial charge is 0.323 e. The summed E-state index contributed by atoms with van der Waals surface area (Å²) in [5.74, 6) is -1.16. The highest BCUT2D eigenvalue weighted by molar-refractivity contribution is 6.03. The zero-order valence-electron chi connectivity index (χ0n) is 16.4. The lowest BCUT2D eigenvalue weighted by Crippen LogP contribution is -2.30. The highest BCUT2D eigenvalue weighted by Crippen LogP contribution is 2.56. The summed E-state index contributed by atoms with van der Waals surface area (Å²) in [7, 11) is 2.60. The largest absolute Gasteiger partial charge is 0.468 e. The monoisotopic (exact) mass is 376 g/mol. The van der Waals surface area contributed by atoms with Crippen molar-refractivity contribution in [1.82, 2.24) is 0 Å². The number of hydrogen-bond donors (Lipinski definition) is 0. The van der Waals surface area contributed by atoms with Gasteiger partial charge in [-0.1, -0.05) is 54.6 Å². The summed E-state index contributed by atoms with van der Waals surface area (Å²) in [6.07, 6.45) is 3.00. The molecule has 2 aromatic rings. The predicted octanol–water partition coefficient (Wildman–Crippen LogP) is 4.30. The zero-order chi connectivity index (χ0) is 20.1. The molecule has 0 aliphatic heterocycles. The third-order valence-electron chi connectivity index (χ3n) is 5.38. The van der Waals surface area contributed by atoms with Gasteiger partial charge in [-0.05, 0) is 54.0 Å². The molecular weight excluding hydrogens is 352 g/mol. The first kappa shape index (κ1) is 19.7. The molecule has 0 amide bonds. The van der Waals surface area contributed by atoms with Crippen molar-refractivity contribution in [3.05, 3.63) is 77.0 Å². The summed E-state index contributed by atoms with van der Waals surface area (Å²) in [6, 6.07) is 18.0. The van der Waals surface area contributed by atoms with Crippen LogP contribution in [-0.2, 0) is 25.5 Å². The number of hydrogen-bond acceptors (Lipinski definition) is 4. The third-order valence-corrected chi connectivity index (χ3v) is 5.38. The van der Waals surface area contributed by atoms with Gasteiger partial charge in [-0.25, -0.2) is 0 Å². The van der Waals surface area contributed by atoms with Gasteiger partial charge in [-0.2, -0.15) is 0 Å². The van der Waals surface area contributed by atoms with Crippen LogP contribution in [-0.4, -0.2) is 26.2 Å². The zero-order valence-corrected chi connectivity index (χ0v) is 16.4. The number of ether oxygens (including phenoxy) is 2. The Labute approximate surface area is 165 Å². The fraction of sp³-hybridized carbons (Fsp3) is 0.292. The number of allylic oxidation sites excluding steroid dienone is 1. The Morgan fingerprint density at radius 2 is 1.64 bits per heavy atom. The van der Waals surface area contributed by atoms with Crippen LogP contribution in [0.3, 0.4) is 0 Å². The maximum atomic E-state index is 12.2. The average molecular weight is 376 g/mol. The normalized spacial score (nSPS) is 16.5. The van der Waals surface area contributed by atoms with Crippen LogP contribution in [0.15, 0.2) is 60.3 Å². The second kappa shape index (κ2) is 8.28. The average Bonchev–Trinajstić information content (AvgIpc) is 3.47. The molecule has 1 unspecified atom stereocenters. The number of esters is 2. The Balaban J connectivity index is 1.85. The molecule has 0 bridgehead atoms. The Morgan fingerprint density at radius 1 is 1.04 bits per heavy atom. The first-order valence-corrected chi connectivity index (χ1v) is 9.26. The Kier molecular flexibility index (Phi) is 5.81. The molecule has 0 N–H and O–H groups in total. The minimum atomic E-state index is -1.17. The van der Waals surface area contributed by atoms with Crippen molar-refractivity contribution in [2.24, 2.45) is 11.3 Å². The van der Waals surface area contributed by atoms with Gasteiger partial charge in [0.15, 0.2) is 5.41 Å². The molecule has 4 nitrogen and oxygen atoms in total. The molecule has 1 aliphatic carbocycles. The standard InChI is InChI=1S/C24H24O4/c1-17(18-9-5-4-6-10-18)13-14-19-11-7-8-12-20(19)15-21-16-24(21,22(25)27-2)23(26)28-3/h4-12,14,21H,15-16H2,1-3H3. The van der Waals surface area contributed by atoms with E-state index in [1.165, 1.54) is 14.2 Å². The molecule has 1 atom stereocenters. The Bertz CT molecular complexity index is 920. The van der Waals surface area contributed by atoms with Crippen LogP contribution in [0, 0.1) is 11.3 Å². The molecule has 1 aliphatic rings. The van der Waals surface area contributed by atoms with E-state index < -0.39 is 17.4 Å². The van der Waals surface area contributed by atoms with Crippen molar-refractivity contribution >= 4 is 23.6 Å². The van der Waals surface area contributed by atoms with Crippen LogP contribution in [0.2, 0.25) is 0 Å². The lowest BCUT2D eigenvalue weighted by Gasteiger charge is -2.13. The molecule has 0 spiro atoms. The minimum absolute atomic E-state index is 0.124. The molecule has 4 heteroatoms. The van der Waals surface area contributed by atoms with Gasteiger partial charge in [0, 0.05) is 0 Å².